The van der Waals surface area contributed by atoms with Gasteiger partial charge in [-0.15, -0.1) is 0 Å². The van der Waals surface area contributed by atoms with E-state index in [0.29, 0.717) is 11.3 Å². The molecule has 0 aliphatic heterocycles. The molecular weight excluding hydrogens is 487 g/mol. The quantitative estimate of drug-likeness (QED) is 0.481. The molecule has 1 heterocycles. The number of nitrogens with zero attached hydrogens (tertiary/aromatic N) is 1. The molecule has 0 fully saturated rings. The standard InChI is InChI=1S/C13H9Br2IN2O/c1-7-4-9(6-17-12(7)15)18-13(19)10-5-8(14)2-3-11(10)16/h2-6H,1H3,(H,18,19). The number of nitrogens with one attached hydrogen (secondary N) is 1. The highest BCUT2D eigenvalue weighted by Gasteiger charge is 2.11. The van der Waals surface area contributed by atoms with Crippen LogP contribution in [0.2, 0.25) is 0 Å². The van der Waals surface area contributed by atoms with E-state index >= 15 is 0 Å². The summed E-state index contributed by atoms with van der Waals surface area (Å²) >= 11 is 8.84. The van der Waals surface area contributed by atoms with E-state index in [4.69, 9.17) is 0 Å². The molecule has 2 aromatic rings. The van der Waals surface area contributed by atoms with Crippen LogP contribution >= 0.6 is 54.5 Å². The minimum absolute atomic E-state index is 0.144. The number of pyridine rings is 1. The molecule has 0 radical (unpaired) electrons. The zero-order valence-electron chi connectivity index (χ0n) is 9.88. The Hall–Kier alpha value is -0.470. The molecule has 6 heteroatoms. The maximum Gasteiger partial charge on any atom is 0.256 e. The number of carbonyl (C=O) groups is 1. The first kappa shape index (κ1) is 14.9. The summed E-state index contributed by atoms with van der Waals surface area (Å²) < 4.78 is 2.56. The average molecular weight is 496 g/mol. The number of halogens is 3. The third-order valence-corrected chi connectivity index (χ3v) is 4.71. The second kappa shape index (κ2) is 6.32. The zero-order chi connectivity index (χ0) is 14.0. The molecule has 0 bridgehead atoms. The van der Waals surface area contributed by atoms with Gasteiger partial charge in [-0.25, -0.2) is 4.98 Å². The molecule has 3 nitrogen and oxygen atoms in total. The number of amides is 1. The molecule has 0 saturated carbocycles. The van der Waals surface area contributed by atoms with Crippen LogP contribution in [-0.4, -0.2) is 10.9 Å². The lowest BCUT2D eigenvalue weighted by Gasteiger charge is -2.08. The molecule has 0 unspecified atom stereocenters. The minimum atomic E-state index is -0.144. The lowest BCUT2D eigenvalue weighted by atomic mass is 10.2. The Kier molecular flexibility index (Phi) is 4.97. The fourth-order valence-electron chi connectivity index (χ4n) is 1.50. The molecule has 1 aromatic heterocycles. The van der Waals surface area contributed by atoms with Crippen molar-refractivity contribution in [3.05, 3.63) is 54.2 Å². The molecule has 1 amide bonds. The van der Waals surface area contributed by atoms with E-state index in [1.165, 1.54) is 0 Å². The van der Waals surface area contributed by atoms with Gasteiger partial charge in [0.1, 0.15) is 4.60 Å². The van der Waals surface area contributed by atoms with Gasteiger partial charge in [-0.2, -0.15) is 0 Å². The Morgan fingerprint density at radius 1 is 1.32 bits per heavy atom. The molecule has 98 valence electrons. The summed E-state index contributed by atoms with van der Waals surface area (Å²) in [7, 11) is 0. The molecule has 0 saturated heterocycles. The van der Waals surface area contributed by atoms with Crippen molar-refractivity contribution in [2.24, 2.45) is 0 Å². The van der Waals surface area contributed by atoms with Crippen molar-refractivity contribution in [3.8, 4) is 0 Å². The highest BCUT2D eigenvalue weighted by atomic mass is 127. The van der Waals surface area contributed by atoms with Crippen LogP contribution in [0.3, 0.4) is 0 Å². The van der Waals surface area contributed by atoms with E-state index in [1.54, 1.807) is 12.3 Å². The van der Waals surface area contributed by atoms with Crippen LogP contribution in [0.5, 0.6) is 0 Å². The van der Waals surface area contributed by atoms with Gasteiger partial charge in [0.25, 0.3) is 5.91 Å². The van der Waals surface area contributed by atoms with Crippen LogP contribution in [0, 0.1) is 10.5 Å². The predicted octanol–water partition coefficient (Wildman–Crippen LogP) is 4.77. The van der Waals surface area contributed by atoms with E-state index in [2.05, 4.69) is 64.8 Å². The van der Waals surface area contributed by atoms with Crippen molar-refractivity contribution in [2.75, 3.05) is 5.32 Å². The molecule has 0 atom stereocenters. The van der Waals surface area contributed by atoms with Crippen LogP contribution in [0.1, 0.15) is 15.9 Å². The van der Waals surface area contributed by atoms with Crippen LogP contribution in [0.4, 0.5) is 5.69 Å². The summed E-state index contributed by atoms with van der Waals surface area (Å²) in [6.07, 6.45) is 1.62. The van der Waals surface area contributed by atoms with Gasteiger partial charge in [0.05, 0.1) is 17.4 Å². The van der Waals surface area contributed by atoms with Crippen molar-refractivity contribution in [2.45, 2.75) is 6.92 Å². The third-order valence-electron chi connectivity index (χ3n) is 2.45. The Morgan fingerprint density at radius 3 is 2.74 bits per heavy atom. The largest absolute Gasteiger partial charge is 0.321 e. The first-order valence-corrected chi connectivity index (χ1v) is 8.02. The SMILES string of the molecule is Cc1cc(NC(=O)c2cc(Br)ccc2I)cnc1Br. The summed E-state index contributed by atoms with van der Waals surface area (Å²) in [6.45, 7) is 1.93. The van der Waals surface area contributed by atoms with E-state index < -0.39 is 0 Å². The van der Waals surface area contributed by atoms with Gasteiger partial charge < -0.3 is 5.32 Å². The monoisotopic (exact) mass is 494 g/mol. The van der Waals surface area contributed by atoms with Gasteiger partial charge in [-0.3, -0.25) is 4.79 Å². The van der Waals surface area contributed by atoms with Crippen LogP contribution < -0.4 is 5.32 Å². The highest BCUT2D eigenvalue weighted by molar-refractivity contribution is 14.1. The van der Waals surface area contributed by atoms with E-state index in [1.807, 2.05) is 25.1 Å². The van der Waals surface area contributed by atoms with Gasteiger partial charge in [0.15, 0.2) is 0 Å². The Labute approximate surface area is 141 Å². The van der Waals surface area contributed by atoms with Crippen LogP contribution in [0.25, 0.3) is 0 Å². The zero-order valence-corrected chi connectivity index (χ0v) is 15.2. The van der Waals surface area contributed by atoms with Crippen molar-refractivity contribution >= 4 is 66.0 Å². The van der Waals surface area contributed by atoms with Crippen molar-refractivity contribution in [3.63, 3.8) is 0 Å². The molecule has 0 spiro atoms. The van der Waals surface area contributed by atoms with Gasteiger partial charge in [0.2, 0.25) is 0 Å². The average Bonchev–Trinajstić information content (AvgIpc) is 2.36. The summed E-state index contributed by atoms with van der Waals surface area (Å²) in [5.74, 6) is -0.144. The second-order valence-corrected chi connectivity index (χ2v) is 6.74. The van der Waals surface area contributed by atoms with E-state index in [9.17, 15) is 4.79 Å². The molecule has 1 aromatic carbocycles. The number of anilines is 1. The predicted molar refractivity (Wildman–Crippen MR) is 91.5 cm³/mol. The lowest BCUT2D eigenvalue weighted by Crippen LogP contribution is -2.13. The molecule has 1 N–H and O–H groups in total. The van der Waals surface area contributed by atoms with Gasteiger partial charge >= 0.3 is 0 Å². The smallest absolute Gasteiger partial charge is 0.256 e. The van der Waals surface area contributed by atoms with Crippen molar-refractivity contribution in [1.82, 2.24) is 4.98 Å². The number of carbonyl (C=O) groups excluding carboxylic acids is 1. The van der Waals surface area contributed by atoms with Crippen molar-refractivity contribution < 1.29 is 4.79 Å². The first-order chi connectivity index (χ1) is 8.97. The molecular formula is C13H9Br2IN2O. The number of hydrogen-bond donors (Lipinski definition) is 1. The Balaban J connectivity index is 2.25. The van der Waals surface area contributed by atoms with Gasteiger partial charge in [-0.1, -0.05) is 15.9 Å². The summed E-state index contributed by atoms with van der Waals surface area (Å²) in [4.78, 5) is 16.4. The maximum atomic E-state index is 12.2. The van der Waals surface area contributed by atoms with Crippen LogP contribution in [0.15, 0.2) is 39.5 Å². The molecule has 0 aliphatic rings. The number of aryl methyl sites for hydroxylation is 1. The topological polar surface area (TPSA) is 42.0 Å². The molecule has 0 aliphatic carbocycles. The van der Waals surface area contributed by atoms with E-state index in [0.717, 1.165) is 18.2 Å². The second-order valence-electron chi connectivity index (χ2n) is 3.91. The fourth-order valence-corrected chi connectivity index (χ4v) is 2.65. The van der Waals surface area contributed by atoms with Gasteiger partial charge in [0, 0.05) is 8.04 Å². The first-order valence-electron chi connectivity index (χ1n) is 5.36. The molecule has 19 heavy (non-hydrogen) atoms. The summed E-state index contributed by atoms with van der Waals surface area (Å²) in [6, 6.07) is 7.48. The summed E-state index contributed by atoms with van der Waals surface area (Å²) in [5, 5.41) is 2.85. The Bertz CT molecular complexity index is 647. The maximum absolute atomic E-state index is 12.2. The highest BCUT2D eigenvalue weighted by Crippen LogP contribution is 2.21. The number of rotatable bonds is 2. The van der Waals surface area contributed by atoms with Crippen LogP contribution in [-0.2, 0) is 0 Å². The number of benzene rings is 1. The van der Waals surface area contributed by atoms with Gasteiger partial charge in [-0.05, 0) is 75.3 Å². The minimum Gasteiger partial charge on any atom is -0.321 e. The Morgan fingerprint density at radius 2 is 2.05 bits per heavy atom. The van der Waals surface area contributed by atoms with E-state index in [-0.39, 0.29) is 5.91 Å². The third kappa shape index (κ3) is 3.76. The lowest BCUT2D eigenvalue weighted by molar-refractivity contribution is 0.102. The number of hydrogen-bond acceptors (Lipinski definition) is 2. The number of aromatic nitrogens is 1. The van der Waals surface area contributed by atoms with Crippen molar-refractivity contribution in [1.29, 1.82) is 0 Å². The fraction of sp³-hybridized carbons (Fsp3) is 0.0769. The summed E-state index contributed by atoms with van der Waals surface area (Å²) in [5.41, 5.74) is 2.29. The normalized spacial score (nSPS) is 10.3. The molecule has 2 rings (SSSR count).